The summed E-state index contributed by atoms with van der Waals surface area (Å²) in [5.74, 6) is 0. The maximum Gasteiger partial charge on any atom is 0.0700 e. The van der Waals surface area contributed by atoms with Crippen molar-refractivity contribution in [3.05, 3.63) is 29.8 Å². The smallest absolute Gasteiger partial charge is 0.0700 e. The Balaban J connectivity index is 1.72. The predicted molar refractivity (Wildman–Crippen MR) is 81.6 cm³/mol. The lowest BCUT2D eigenvalue weighted by molar-refractivity contribution is 0.0644. The van der Waals surface area contributed by atoms with E-state index in [2.05, 4.69) is 17.0 Å². The van der Waals surface area contributed by atoms with Crippen LogP contribution in [0.4, 0.5) is 5.69 Å². The number of nitrogens with zero attached hydrogens (tertiary/aromatic N) is 1. The minimum Gasteiger partial charge on any atom is -0.398 e. The summed E-state index contributed by atoms with van der Waals surface area (Å²) in [7, 11) is 1.70. The van der Waals surface area contributed by atoms with Gasteiger partial charge in [-0.25, -0.2) is 0 Å². The van der Waals surface area contributed by atoms with Gasteiger partial charge < -0.3 is 15.2 Å². The molecule has 20 heavy (non-hydrogen) atoms. The average molecular weight is 278 g/mol. The molecule has 0 atom stereocenters. The second kappa shape index (κ2) is 8.25. The largest absolute Gasteiger partial charge is 0.398 e. The summed E-state index contributed by atoms with van der Waals surface area (Å²) in [6, 6.07) is 8.90. The topological polar surface area (TPSA) is 47.7 Å². The summed E-state index contributed by atoms with van der Waals surface area (Å²) in [6.07, 6.45) is 3.70. The van der Waals surface area contributed by atoms with Gasteiger partial charge >= 0.3 is 0 Å². The highest BCUT2D eigenvalue weighted by atomic mass is 16.5. The molecule has 1 aromatic rings. The molecule has 1 aliphatic rings. The summed E-state index contributed by atoms with van der Waals surface area (Å²) >= 11 is 0. The van der Waals surface area contributed by atoms with E-state index in [9.17, 15) is 0 Å². The number of para-hydroxylation sites is 1. The van der Waals surface area contributed by atoms with Crippen LogP contribution in [-0.4, -0.2) is 44.4 Å². The molecular weight excluding hydrogens is 252 g/mol. The molecule has 0 heterocycles. The molecule has 0 spiro atoms. The molecule has 0 aliphatic heterocycles. The van der Waals surface area contributed by atoms with Crippen molar-refractivity contribution in [3.8, 4) is 0 Å². The SMILES string of the molecule is COCCOCCCN(Cc1ccccc1N)C1CC1. The summed E-state index contributed by atoms with van der Waals surface area (Å²) in [4.78, 5) is 2.53. The van der Waals surface area contributed by atoms with E-state index in [0.717, 1.165) is 37.8 Å². The van der Waals surface area contributed by atoms with Crippen LogP contribution in [0.25, 0.3) is 0 Å². The van der Waals surface area contributed by atoms with Gasteiger partial charge in [-0.15, -0.1) is 0 Å². The number of rotatable bonds is 10. The van der Waals surface area contributed by atoms with Crippen molar-refractivity contribution in [1.82, 2.24) is 4.90 Å². The number of nitrogen functional groups attached to an aromatic ring is 1. The number of ether oxygens (including phenoxy) is 2. The van der Waals surface area contributed by atoms with Crippen LogP contribution in [0, 0.1) is 0 Å². The van der Waals surface area contributed by atoms with Crippen LogP contribution in [0.1, 0.15) is 24.8 Å². The highest BCUT2D eigenvalue weighted by Gasteiger charge is 2.28. The zero-order chi connectivity index (χ0) is 14.2. The lowest BCUT2D eigenvalue weighted by atomic mass is 10.1. The Kier molecular flexibility index (Phi) is 6.30. The molecule has 0 aromatic heterocycles. The fourth-order valence-corrected chi connectivity index (χ4v) is 2.34. The number of methoxy groups -OCH3 is 1. The number of nitrogens with two attached hydrogens (primary N) is 1. The normalized spacial score (nSPS) is 14.9. The third-order valence-electron chi connectivity index (χ3n) is 3.66. The van der Waals surface area contributed by atoms with Crippen molar-refractivity contribution in [2.45, 2.75) is 31.8 Å². The lowest BCUT2D eigenvalue weighted by Gasteiger charge is -2.22. The van der Waals surface area contributed by atoms with Crippen molar-refractivity contribution in [2.75, 3.05) is 39.2 Å². The summed E-state index contributed by atoms with van der Waals surface area (Å²) in [6.45, 7) is 4.19. The molecule has 2 N–H and O–H groups in total. The number of hydrogen-bond donors (Lipinski definition) is 1. The highest BCUT2D eigenvalue weighted by molar-refractivity contribution is 5.46. The van der Waals surface area contributed by atoms with Gasteiger partial charge in [0.05, 0.1) is 13.2 Å². The molecule has 0 unspecified atom stereocenters. The van der Waals surface area contributed by atoms with Crippen LogP contribution in [0.3, 0.4) is 0 Å². The predicted octanol–water partition coefficient (Wildman–Crippen LogP) is 2.29. The molecule has 1 saturated carbocycles. The molecule has 1 fully saturated rings. The number of anilines is 1. The molecule has 0 amide bonds. The van der Waals surface area contributed by atoms with Crippen LogP contribution in [-0.2, 0) is 16.0 Å². The molecule has 0 bridgehead atoms. The summed E-state index contributed by atoms with van der Waals surface area (Å²) in [5.41, 5.74) is 8.17. The second-order valence-electron chi connectivity index (χ2n) is 5.36. The first-order chi connectivity index (χ1) is 9.81. The van der Waals surface area contributed by atoms with Gasteiger partial charge in [0.1, 0.15) is 0 Å². The second-order valence-corrected chi connectivity index (χ2v) is 5.36. The first-order valence-electron chi connectivity index (χ1n) is 7.45. The third kappa shape index (κ3) is 5.12. The van der Waals surface area contributed by atoms with Crippen LogP contribution in [0.2, 0.25) is 0 Å². The van der Waals surface area contributed by atoms with Gasteiger partial charge in [0, 0.05) is 38.5 Å². The van der Waals surface area contributed by atoms with E-state index < -0.39 is 0 Å². The Morgan fingerprint density at radius 3 is 2.70 bits per heavy atom. The zero-order valence-electron chi connectivity index (χ0n) is 12.4. The van der Waals surface area contributed by atoms with Crippen molar-refractivity contribution < 1.29 is 9.47 Å². The standard InChI is InChI=1S/C16H26N2O2/c1-19-11-12-20-10-4-9-18(15-7-8-15)13-14-5-2-3-6-16(14)17/h2-3,5-6,15H,4,7-13,17H2,1H3. The molecule has 2 rings (SSSR count). The molecule has 0 radical (unpaired) electrons. The first kappa shape index (κ1) is 15.3. The van der Waals surface area contributed by atoms with Gasteiger partial charge in [0.2, 0.25) is 0 Å². The highest BCUT2D eigenvalue weighted by Crippen LogP contribution is 2.29. The maximum absolute atomic E-state index is 6.03. The zero-order valence-corrected chi connectivity index (χ0v) is 12.4. The Bertz CT molecular complexity index is 394. The van der Waals surface area contributed by atoms with E-state index in [-0.39, 0.29) is 0 Å². The van der Waals surface area contributed by atoms with Gasteiger partial charge in [-0.1, -0.05) is 18.2 Å². The van der Waals surface area contributed by atoms with Crippen molar-refractivity contribution in [3.63, 3.8) is 0 Å². The Morgan fingerprint density at radius 2 is 2.00 bits per heavy atom. The van der Waals surface area contributed by atoms with Crippen molar-refractivity contribution >= 4 is 5.69 Å². The van der Waals surface area contributed by atoms with Gasteiger partial charge in [0.25, 0.3) is 0 Å². The van der Waals surface area contributed by atoms with Gasteiger partial charge in [-0.3, -0.25) is 4.90 Å². The monoisotopic (exact) mass is 278 g/mol. The van der Waals surface area contributed by atoms with E-state index in [0.29, 0.717) is 13.2 Å². The summed E-state index contributed by atoms with van der Waals surface area (Å²) in [5, 5.41) is 0. The van der Waals surface area contributed by atoms with Crippen LogP contribution in [0.15, 0.2) is 24.3 Å². The fraction of sp³-hybridized carbons (Fsp3) is 0.625. The molecule has 1 aromatic carbocycles. The Labute approximate surface area is 121 Å². The Hall–Kier alpha value is -1.10. The quantitative estimate of drug-likeness (QED) is 0.527. The van der Waals surface area contributed by atoms with Crippen LogP contribution in [0.5, 0.6) is 0 Å². The Morgan fingerprint density at radius 1 is 1.20 bits per heavy atom. The van der Waals surface area contributed by atoms with Gasteiger partial charge in [-0.2, -0.15) is 0 Å². The number of benzene rings is 1. The third-order valence-corrected chi connectivity index (χ3v) is 3.66. The first-order valence-corrected chi connectivity index (χ1v) is 7.45. The minimum atomic E-state index is 0.674. The fourth-order valence-electron chi connectivity index (χ4n) is 2.34. The van der Waals surface area contributed by atoms with E-state index in [4.69, 9.17) is 15.2 Å². The van der Waals surface area contributed by atoms with E-state index >= 15 is 0 Å². The van der Waals surface area contributed by atoms with E-state index in [1.165, 1.54) is 18.4 Å². The molecule has 1 aliphatic carbocycles. The van der Waals surface area contributed by atoms with Crippen LogP contribution >= 0.6 is 0 Å². The minimum absolute atomic E-state index is 0.674. The van der Waals surface area contributed by atoms with Crippen molar-refractivity contribution in [2.24, 2.45) is 0 Å². The molecule has 0 saturated heterocycles. The average Bonchev–Trinajstić information content (AvgIpc) is 3.28. The van der Waals surface area contributed by atoms with Crippen LogP contribution < -0.4 is 5.73 Å². The molecule has 4 heteroatoms. The van der Waals surface area contributed by atoms with Gasteiger partial charge in [-0.05, 0) is 30.9 Å². The molecular formula is C16H26N2O2. The van der Waals surface area contributed by atoms with E-state index in [1.807, 2.05) is 12.1 Å². The van der Waals surface area contributed by atoms with Crippen molar-refractivity contribution in [1.29, 1.82) is 0 Å². The molecule has 4 nitrogen and oxygen atoms in total. The van der Waals surface area contributed by atoms with E-state index in [1.54, 1.807) is 7.11 Å². The van der Waals surface area contributed by atoms with Gasteiger partial charge in [0.15, 0.2) is 0 Å². The summed E-state index contributed by atoms with van der Waals surface area (Å²) < 4.78 is 10.5. The number of hydrogen-bond acceptors (Lipinski definition) is 4. The molecule has 112 valence electrons. The lowest BCUT2D eigenvalue weighted by Crippen LogP contribution is -2.28. The maximum atomic E-state index is 6.03.